The number of aliphatic hydroxyl groups excluding tert-OH is 2. The lowest BCUT2D eigenvalue weighted by atomic mass is 10.2. The lowest BCUT2D eigenvalue weighted by Gasteiger charge is -2.09. The van der Waals surface area contributed by atoms with Crippen molar-refractivity contribution in [2.45, 2.75) is 19.4 Å². The van der Waals surface area contributed by atoms with Crippen LogP contribution >= 0.6 is 11.6 Å². The molecular formula is C11H15ClO3. The quantitative estimate of drug-likeness (QED) is 0.735. The number of rotatable bonds is 6. The molecule has 0 bridgehead atoms. The van der Waals surface area contributed by atoms with Gasteiger partial charge < -0.3 is 14.9 Å². The minimum Gasteiger partial charge on any atom is -0.493 e. The monoisotopic (exact) mass is 230 g/mol. The molecule has 0 aliphatic carbocycles. The normalized spacial score (nSPS) is 10.3. The second-order valence-electron chi connectivity index (χ2n) is 3.19. The van der Waals surface area contributed by atoms with Crippen LogP contribution in [0.1, 0.15) is 18.4 Å². The van der Waals surface area contributed by atoms with Crippen LogP contribution in [0, 0.1) is 0 Å². The summed E-state index contributed by atoms with van der Waals surface area (Å²) in [7, 11) is 0. The summed E-state index contributed by atoms with van der Waals surface area (Å²) in [6.07, 6.45) is 1.52. The molecule has 4 heteroatoms. The Kier molecular flexibility index (Phi) is 5.47. The Bertz CT molecular complexity index is 302. The van der Waals surface area contributed by atoms with E-state index in [1.165, 1.54) is 0 Å². The molecule has 0 saturated carbocycles. The second-order valence-corrected chi connectivity index (χ2v) is 3.63. The van der Waals surface area contributed by atoms with Crippen molar-refractivity contribution < 1.29 is 14.9 Å². The number of benzene rings is 1. The lowest BCUT2D eigenvalue weighted by molar-refractivity contribution is 0.242. The van der Waals surface area contributed by atoms with Crippen molar-refractivity contribution in [3.05, 3.63) is 28.8 Å². The van der Waals surface area contributed by atoms with Gasteiger partial charge in [-0.1, -0.05) is 11.6 Å². The van der Waals surface area contributed by atoms with Crippen molar-refractivity contribution in [2.24, 2.45) is 0 Å². The van der Waals surface area contributed by atoms with E-state index in [-0.39, 0.29) is 13.2 Å². The van der Waals surface area contributed by atoms with E-state index in [0.717, 1.165) is 12.8 Å². The van der Waals surface area contributed by atoms with Crippen molar-refractivity contribution >= 4 is 11.6 Å². The number of hydrogen-bond acceptors (Lipinski definition) is 3. The van der Waals surface area contributed by atoms with Crippen LogP contribution in [-0.4, -0.2) is 23.4 Å². The highest BCUT2D eigenvalue weighted by molar-refractivity contribution is 6.30. The van der Waals surface area contributed by atoms with Gasteiger partial charge in [-0.3, -0.25) is 0 Å². The van der Waals surface area contributed by atoms with Crippen molar-refractivity contribution in [2.75, 3.05) is 13.2 Å². The van der Waals surface area contributed by atoms with Gasteiger partial charge in [-0.15, -0.1) is 0 Å². The number of unbranched alkanes of at least 4 members (excludes halogenated alkanes) is 1. The van der Waals surface area contributed by atoms with Gasteiger partial charge in [0.25, 0.3) is 0 Å². The summed E-state index contributed by atoms with van der Waals surface area (Å²) in [6.45, 7) is 0.627. The molecule has 0 aliphatic rings. The number of aliphatic hydroxyl groups is 2. The first kappa shape index (κ1) is 12.3. The standard InChI is InChI=1S/C11H15ClO3/c12-10-3-4-11(9(7-10)8-14)15-6-2-1-5-13/h3-4,7,13-14H,1-2,5-6,8H2. The molecule has 2 N–H and O–H groups in total. The Hall–Kier alpha value is -0.770. The third-order valence-corrected chi connectivity index (χ3v) is 2.24. The Morgan fingerprint density at radius 1 is 1.20 bits per heavy atom. The molecule has 0 saturated heterocycles. The van der Waals surface area contributed by atoms with Crippen molar-refractivity contribution in [3.8, 4) is 5.75 Å². The lowest BCUT2D eigenvalue weighted by Crippen LogP contribution is -2.01. The van der Waals surface area contributed by atoms with E-state index in [1.807, 2.05) is 0 Å². The second kappa shape index (κ2) is 6.67. The molecule has 0 unspecified atom stereocenters. The summed E-state index contributed by atoms with van der Waals surface area (Å²) >= 11 is 5.78. The molecule has 0 heterocycles. The summed E-state index contributed by atoms with van der Waals surface area (Å²) in [4.78, 5) is 0. The van der Waals surface area contributed by atoms with E-state index in [2.05, 4.69) is 0 Å². The minimum absolute atomic E-state index is 0.0874. The summed E-state index contributed by atoms with van der Waals surface area (Å²) in [6, 6.07) is 5.15. The summed E-state index contributed by atoms with van der Waals surface area (Å²) in [5, 5.41) is 18.2. The fourth-order valence-electron chi connectivity index (χ4n) is 1.21. The van der Waals surface area contributed by atoms with Crippen LogP contribution in [0.25, 0.3) is 0 Å². The molecule has 3 nitrogen and oxygen atoms in total. The highest BCUT2D eigenvalue weighted by Crippen LogP contribution is 2.22. The largest absolute Gasteiger partial charge is 0.493 e. The van der Waals surface area contributed by atoms with Gasteiger partial charge in [0.1, 0.15) is 5.75 Å². The Morgan fingerprint density at radius 2 is 2.00 bits per heavy atom. The van der Waals surface area contributed by atoms with Crippen LogP contribution in [0.4, 0.5) is 0 Å². The van der Waals surface area contributed by atoms with Gasteiger partial charge in [0.15, 0.2) is 0 Å². The maximum absolute atomic E-state index is 9.07. The number of ether oxygens (including phenoxy) is 1. The van der Waals surface area contributed by atoms with Crippen LogP contribution in [-0.2, 0) is 6.61 Å². The topological polar surface area (TPSA) is 49.7 Å². The maximum atomic E-state index is 9.07. The first-order valence-corrected chi connectivity index (χ1v) is 5.28. The van der Waals surface area contributed by atoms with Gasteiger partial charge in [-0.05, 0) is 31.0 Å². The Balaban J connectivity index is 2.52. The first-order valence-electron chi connectivity index (χ1n) is 4.91. The van der Waals surface area contributed by atoms with Crippen LogP contribution in [0.5, 0.6) is 5.75 Å². The number of halogens is 1. The van der Waals surface area contributed by atoms with Gasteiger partial charge in [-0.2, -0.15) is 0 Å². The van der Waals surface area contributed by atoms with E-state index in [1.54, 1.807) is 18.2 Å². The molecule has 84 valence electrons. The fraction of sp³-hybridized carbons (Fsp3) is 0.455. The molecule has 0 spiro atoms. The molecule has 1 aromatic carbocycles. The SMILES string of the molecule is OCCCCOc1ccc(Cl)cc1CO. The van der Waals surface area contributed by atoms with Crippen LogP contribution in [0.15, 0.2) is 18.2 Å². The Labute approximate surface area is 94.3 Å². The summed E-state index contributed by atoms with van der Waals surface area (Å²) in [5.41, 5.74) is 0.687. The van der Waals surface area contributed by atoms with Crippen molar-refractivity contribution in [1.29, 1.82) is 0 Å². The van der Waals surface area contributed by atoms with Crippen LogP contribution in [0.3, 0.4) is 0 Å². The van der Waals surface area contributed by atoms with Gasteiger partial charge in [0.05, 0.1) is 13.2 Å². The van der Waals surface area contributed by atoms with Crippen molar-refractivity contribution in [3.63, 3.8) is 0 Å². The van der Waals surface area contributed by atoms with Gasteiger partial charge in [0.2, 0.25) is 0 Å². The van der Waals surface area contributed by atoms with E-state index in [9.17, 15) is 0 Å². The van der Waals surface area contributed by atoms with Crippen molar-refractivity contribution in [1.82, 2.24) is 0 Å². The average molecular weight is 231 g/mol. The molecule has 0 aromatic heterocycles. The molecule has 0 aliphatic heterocycles. The highest BCUT2D eigenvalue weighted by atomic mass is 35.5. The maximum Gasteiger partial charge on any atom is 0.124 e. The predicted octanol–water partition coefficient (Wildman–Crippen LogP) is 1.98. The molecule has 0 fully saturated rings. The van der Waals surface area contributed by atoms with E-state index < -0.39 is 0 Å². The average Bonchev–Trinajstić information content (AvgIpc) is 2.26. The van der Waals surface area contributed by atoms with E-state index >= 15 is 0 Å². The minimum atomic E-state index is -0.0874. The van der Waals surface area contributed by atoms with Gasteiger partial charge in [-0.25, -0.2) is 0 Å². The smallest absolute Gasteiger partial charge is 0.124 e. The number of hydrogen-bond donors (Lipinski definition) is 2. The van der Waals surface area contributed by atoms with E-state index in [0.29, 0.717) is 22.9 Å². The van der Waals surface area contributed by atoms with Crippen LogP contribution < -0.4 is 4.74 Å². The molecule has 1 aromatic rings. The molecule has 0 atom stereocenters. The molecule has 0 radical (unpaired) electrons. The summed E-state index contributed by atoms with van der Waals surface area (Å²) < 4.78 is 5.46. The molecular weight excluding hydrogens is 216 g/mol. The third-order valence-electron chi connectivity index (χ3n) is 2.00. The van der Waals surface area contributed by atoms with E-state index in [4.69, 9.17) is 26.6 Å². The van der Waals surface area contributed by atoms with Crippen LogP contribution in [0.2, 0.25) is 5.02 Å². The van der Waals surface area contributed by atoms with Gasteiger partial charge >= 0.3 is 0 Å². The molecule has 0 amide bonds. The zero-order valence-corrected chi connectivity index (χ0v) is 9.20. The predicted molar refractivity (Wildman–Crippen MR) is 59.2 cm³/mol. The first-order chi connectivity index (χ1) is 7.27. The fourth-order valence-corrected chi connectivity index (χ4v) is 1.40. The zero-order chi connectivity index (χ0) is 11.1. The molecule has 15 heavy (non-hydrogen) atoms. The molecule has 1 rings (SSSR count). The summed E-state index contributed by atoms with van der Waals surface area (Å²) in [5.74, 6) is 0.653. The highest BCUT2D eigenvalue weighted by Gasteiger charge is 2.03. The Morgan fingerprint density at radius 3 is 2.67 bits per heavy atom. The van der Waals surface area contributed by atoms with Gasteiger partial charge in [0, 0.05) is 17.2 Å². The third kappa shape index (κ3) is 4.08. The zero-order valence-electron chi connectivity index (χ0n) is 8.45.